The number of carbonyl (C=O) groups excluding carboxylic acids is 1. The Morgan fingerprint density at radius 1 is 1.36 bits per heavy atom. The van der Waals surface area contributed by atoms with Crippen molar-refractivity contribution in [2.75, 3.05) is 0 Å². The standard InChI is InChI=1S/C10H9N3O/c1-8-4-2-3-5-10(8)13-11-6-9(7-14)12-13/h2-7H,1H3. The Kier molecular flexibility index (Phi) is 2.10. The maximum atomic E-state index is 10.4. The van der Waals surface area contributed by atoms with E-state index >= 15 is 0 Å². The lowest BCUT2D eigenvalue weighted by Gasteiger charge is -2.02. The van der Waals surface area contributed by atoms with E-state index in [1.165, 1.54) is 11.0 Å². The van der Waals surface area contributed by atoms with Crippen molar-refractivity contribution in [3.63, 3.8) is 0 Å². The molecule has 0 fully saturated rings. The van der Waals surface area contributed by atoms with E-state index in [1.807, 2.05) is 31.2 Å². The number of aromatic nitrogens is 3. The van der Waals surface area contributed by atoms with Gasteiger partial charge in [0.25, 0.3) is 0 Å². The van der Waals surface area contributed by atoms with Crippen LogP contribution in [0.25, 0.3) is 5.69 Å². The molecular formula is C10H9N3O. The van der Waals surface area contributed by atoms with Crippen molar-refractivity contribution < 1.29 is 4.79 Å². The minimum absolute atomic E-state index is 0.341. The summed E-state index contributed by atoms with van der Waals surface area (Å²) >= 11 is 0. The molecule has 0 spiro atoms. The predicted octanol–water partition coefficient (Wildman–Crippen LogP) is 1.39. The van der Waals surface area contributed by atoms with Gasteiger partial charge in [0.2, 0.25) is 0 Å². The molecule has 0 aliphatic heterocycles. The summed E-state index contributed by atoms with van der Waals surface area (Å²) in [6.07, 6.45) is 2.13. The van der Waals surface area contributed by atoms with Crippen LogP contribution in [0, 0.1) is 6.92 Å². The normalized spacial score (nSPS) is 10.1. The summed E-state index contributed by atoms with van der Waals surface area (Å²) in [6.45, 7) is 1.97. The average Bonchev–Trinajstić information content (AvgIpc) is 2.67. The molecule has 14 heavy (non-hydrogen) atoms. The molecule has 4 heteroatoms. The van der Waals surface area contributed by atoms with Crippen LogP contribution < -0.4 is 0 Å². The first kappa shape index (κ1) is 8.62. The Bertz CT molecular complexity index is 462. The van der Waals surface area contributed by atoms with Gasteiger partial charge in [-0.05, 0) is 18.6 Å². The predicted molar refractivity (Wildman–Crippen MR) is 51.5 cm³/mol. The van der Waals surface area contributed by atoms with Gasteiger partial charge in [0.05, 0.1) is 11.9 Å². The maximum absolute atomic E-state index is 10.4. The second-order valence-electron chi connectivity index (χ2n) is 2.96. The SMILES string of the molecule is Cc1ccccc1-n1ncc(C=O)n1. The Morgan fingerprint density at radius 3 is 2.79 bits per heavy atom. The van der Waals surface area contributed by atoms with Gasteiger partial charge in [0, 0.05) is 0 Å². The van der Waals surface area contributed by atoms with E-state index in [2.05, 4.69) is 10.2 Å². The number of rotatable bonds is 2. The lowest BCUT2D eigenvalue weighted by molar-refractivity contribution is 0.111. The third-order valence-electron chi connectivity index (χ3n) is 1.96. The molecule has 70 valence electrons. The number of aldehydes is 1. The third-order valence-corrected chi connectivity index (χ3v) is 1.96. The van der Waals surface area contributed by atoms with Crippen molar-refractivity contribution in [1.29, 1.82) is 0 Å². The van der Waals surface area contributed by atoms with Gasteiger partial charge in [0.15, 0.2) is 6.29 Å². The third kappa shape index (κ3) is 1.42. The smallest absolute Gasteiger partial charge is 0.171 e. The summed E-state index contributed by atoms with van der Waals surface area (Å²) in [6, 6.07) is 7.73. The second kappa shape index (κ2) is 3.41. The molecule has 1 aromatic carbocycles. The first-order chi connectivity index (χ1) is 6.81. The van der Waals surface area contributed by atoms with Gasteiger partial charge in [0.1, 0.15) is 5.69 Å². The molecule has 0 amide bonds. The average molecular weight is 187 g/mol. The van der Waals surface area contributed by atoms with Crippen LogP contribution in [0.2, 0.25) is 0 Å². The molecule has 2 rings (SSSR count). The van der Waals surface area contributed by atoms with Crippen LogP contribution in [0.15, 0.2) is 30.5 Å². The van der Waals surface area contributed by atoms with E-state index in [1.54, 1.807) is 0 Å². The zero-order valence-electron chi connectivity index (χ0n) is 7.71. The van der Waals surface area contributed by atoms with Gasteiger partial charge in [-0.1, -0.05) is 18.2 Å². The van der Waals surface area contributed by atoms with E-state index in [9.17, 15) is 4.79 Å². The number of carbonyl (C=O) groups is 1. The molecule has 0 aliphatic carbocycles. The summed E-state index contributed by atoms with van der Waals surface area (Å²) in [5.41, 5.74) is 2.30. The van der Waals surface area contributed by atoms with E-state index in [-0.39, 0.29) is 0 Å². The monoisotopic (exact) mass is 187 g/mol. The number of aryl methyl sites for hydroxylation is 1. The Morgan fingerprint density at radius 2 is 2.14 bits per heavy atom. The Labute approximate surface area is 81.2 Å². The highest BCUT2D eigenvalue weighted by molar-refractivity contribution is 5.70. The Hall–Kier alpha value is -1.97. The van der Waals surface area contributed by atoms with Gasteiger partial charge in [-0.3, -0.25) is 4.79 Å². The fraction of sp³-hybridized carbons (Fsp3) is 0.100. The van der Waals surface area contributed by atoms with Gasteiger partial charge in [-0.15, -0.1) is 5.10 Å². The minimum atomic E-state index is 0.341. The molecule has 0 bridgehead atoms. The molecule has 0 saturated carbocycles. The Balaban J connectivity index is 2.49. The first-order valence-electron chi connectivity index (χ1n) is 4.25. The maximum Gasteiger partial charge on any atom is 0.171 e. The van der Waals surface area contributed by atoms with E-state index < -0.39 is 0 Å². The van der Waals surface area contributed by atoms with E-state index in [0.29, 0.717) is 12.0 Å². The van der Waals surface area contributed by atoms with Crippen LogP contribution in [-0.4, -0.2) is 21.3 Å². The van der Waals surface area contributed by atoms with E-state index in [4.69, 9.17) is 0 Å². The number of benzene rings is 1. The molecule has 0 N–H and O–H groups in total. The van der Waals surface area contributed by atoms with Crippen molar-refractivity contribution >= 4 is 6.29 Å². The lowest BCUT2D eigenvalue weighted by Crippen LogP contribution is -2.01. The number of hydrogen-bond donors (Lipinski definition) is 0. The molecule has 4 nitrogen and oxygen atoms in total. The van der Waals surface area contributed by atoms with Crippen LogP contribution in [-0.2, 0) is 0 Å². The van der Waals surface area contributed by atoms with Crippen molar-refractivity contribution in [3.8, 4) is 5.69 Å². The largest absolute Gasteiger partial charge is 0.296 e. The summed E-state index contributed by atoms with van der Waals surface area (Å²) in [7, 11) is 0. The molecule has 0 saturated heterocycles. The van der Waals surface area contributed by atoms with Gasteiger partial charge in [-0.2, -0.15) is 9.90 Å². The van der Waals surface area contributed by atoms with E-state index in [0.717, 1.165) is 11.3 Å². The highest BCUT2D eigenvalue weighted by atomic mass is 16.1. The van der Waals surface area contributed by atoms with Gasteiger partial charge < -0.3 is 0 Å². The summed E-state index contributed by atoms with van der Waals surface area (Å²) < 4.78 is 0. The zero-order valence-corrected chi connectivity index (χ0v) is 7.71. The second-order valence-corrected chi connectivity index (χ2v) is 2.96. The van der Waals surface area contributed by atoms with Crippen LogP contribution >= 0.6 is 0 Å². The number of hydrogen-bond acceptors (Lipinski definition) is 3. The molecular weight excluding hydrogens is 178 g/mol. The molecule has 1 aromatic heterocycles. The number of nitrogens with zero attached hydrogens (tertiary/aromatic N) is 3. The molecule has 2 aromatic rings. The topological polar surface area (TPSA) is 47.8 Å². The van der Waals surface area contributed by atoms with Crippen LogP contribution in [0.1, 0.15) is 16.1 Å². The molecule has 0 unspecified atom stereocenters. The van der Waals surface area contributed by atoms with Crippen molar-refractivity contribution in [2.24, 2.45) is 0 Å². The lowest BCUT2D eigenvalue weighted by atomic mass is 10.2. The summed E-state index contributed by atoms with van der Waals surface area (Å²) in [5.74, 6) is 0. The number of para-hydroxylation sites is 1. The highest BCUT2D eigenvalue weighted by Gasteiger charge is 2.03. The van der Waals surface area contributed by atoms with Crippen molar-refractivity contribution in [3.05, 3.63) is 41.7 Å². The fourth-order valence-corrected chi connectivity index (χ4v) is 1.23. The van der Waals surface area contributed by atoms with Gasteiger partial charge >= 0.3 is 0 Å². The minimum Gasteiger partial charge on any atom is -0.296 e. The van der Waals surface area contributed by atoms with Crippen LogP contribution in [0.5, 0.6) is 0 Å². The van der Waals surface area contributed by atoms with Crippen molar-refractivity contribution in [1.82, 2.24) is 15.0 Å². The van der Waals surface area contributed by atoms with Crippen molar-refractivity contribution in [2.45, 2.75) is 6.92 Å². The summed E-state index contributed by atoms with van der Waals surface area (Å²) in [5, 5.41) is 7.99. The highest BCUT2D eigenvalue weighted by Crippen LogP contribution is 2.10. The molecule has 0 aliphatic rings. The summed E-state index contributed by atoms with van der Waals surface area (Å²) in [4.78, 5) is 11.9. The van der Waals surface area contributed by atoms with Gasteiger partial charge in [-0.25, -0.2) is 0 Å². The van der Waals surface area contributed by atoms with Crippen LogP contribution in [0.4, 0.5) is 0 Å². The molecule has 1 heterocycles. The van der Waals surface area contributed by atoms with Crippen LogP contribution in [0.3, 0.4) is 0 Å². The zero-order chi connectivity index (χ0) is 9.97. The quantitative estimate of drug-likeness (QED) is 0.667. The molecule has 0 atom stereocenters. The molecule has 0 radical (unpaired) electrons. The fourth-order valence-electron chi connectivity index (χ4n) is 1.23. The first-order valence-corrected chi connectivity index (χ1v) is 4.25.